The van der Waals surface area contributed by atoms with Gasteiger partial charge in [0.15, 0.2) is 8.32 Å². The van der Waals surface area contributed by atoms with Gasteiger partial charge in [-0.15, -0.1) is 6.58 Å². The van der Waals surface area contributed by atoms with Crippen molar-refractivity contribution in [2.75, 3.05) is 0 Å². The van der Waals surface area contributed by atoms with Crippen molar-refractivity contribution in [3.8, 4) is 0 Å². The monoisotopic (exact) mass is 249 g/mol. The number of hydrogen-bond donors (Lipinski definition) is 0. The Morgan fingerprint density at radius 3 is 2.47 bits per heavy atom. The molecule has 0 aliphatic carbocycles. The molecular weight excluding hydrogens is 226 g/mol. The van der Waals surface area contributed by atoms with Crippen LogP contribution in [0, 0.1) is 0 Å². The Hall–Kier alpha value is -0.933. The van der Waals surface area contributed by atoms with Gasteiger partial charge in [0.05, 0.1) is 6.10 Å². The van der Waals surface area contributed by atoms with Gasteiger partial charge in [-0.2, -0.15) is 0 Å². The topological polar surface area (TPSA) is 22.1 Å². The SMILES string of the molecule is C=C[C@H](O[Si](C)(C)C(C)(C)C)c1cccnc1. The fourth-order valence-electron chi connectivity index (χ4n) is 1.29. The minimum Gasteiger partial charge on any atom is -0.406 e. The predicted octanol–water partition coefficient (Wildman–Crippen LogP) is 4.33. The van der Waals surface area contributed by atoms with Crippen molar-refractivity contribution in [2.24, 2.45) is 0 Å². The van der Waals surface area contributed by atoms with E-state index in [9.17, 15) is 0 Å². The first-order valence-corrected chi connectivity index (χ1v) is 8.89. The van der Waals surface area contributed by atoms with E-state index in [0.29, 0.717) is 0 Å². The zero-order valence-corrected chi connectivity index (χ0v) is 12.5. The molecule has 1 aromatic rings. The minimum absolute atomic E-state index is 0.0513. The van der Waals surface area contributed by atoms with Gasteiger partial charge in [0.1, 0.15) is 0 Å². The Kier molecular flexibility index (Phi) is 4.28. The highest BCUT2D eigenvalue weighted by Crippen LogP contribution is 2.39. The molecule has 0 N–H and O–H groups in total. The van der Waals surface area contributed by atoms with Crippen LogP contribution in [0.25, 0.3) is 0 Å². The molecule has 1 aromatic heterocycles. The third-order valence-corrected chi connectivity index (χ3v) is 7.91. The van der Waals surface area contributed by atoms with Gasteiger partial charge in [-0.3, -0.25) is 4.98 Å². The Bertz CT molecular complexity index is 368. The molecule has 94 valence electrons. The normalized spacial score (nSPS) is 14.4. The number of aromatic nitrogens is 1. The molecule has 0 aliphatic heterocycles. The standard InChI is InChI=1S/C14H23NOSi/c1-7-13(12-9-8-10-15-11-12)16-17(5,6)14(2,3)4/h7-11,13H,1H2,2-6H3/t13-/m0/s1. The smallest absolute Gasteiger partial charge is 0.193 e. The van der Waals surface area contributed by atoms with Crippen LogP contribution in [0.15, 0.2) is 37.2 Å². The summed E-state index contributed by atoms with van der Waals surface area (Å²) in [5, 5.41) is 0.205. The van der Waals surface area contributed by atoms with E-state index in [1.54, 1.807) is 6.20 Å². The molecule has 1 heterocycles. The van der Waals surface area contributed by atoms with Crippen LogP contribution in [0.4, 0.5) is 0 Å². The van der Waals surface area contributed by atoms with Gasteiger partial charge >= 0.3 is 0 Å². The van der Waals surface area contributed by atoms with Crippen molar-refractivity contribution < 1.29 is 4.43 Å². The Morgan fingerprint density at radius 2 is 2.06 bits per heavy atom. The highest BCUT2D eigenvalue weighted by Gasteiger charge is 2.38. The first-order valence-electron chi connectivity index (χ1n) is 5.98. The molecule has 0 saturated carbocycles. The molecule has 2 nitrogen and oxygen atoms in total. The van der Waals surface area contributed by atoms with E-state index in [1.165, 1.54) is 0 Å². The fourth-order valence-corrected chi connectivity index (χ4v) is 2.51. The number of rotatable bonds is 4. The van der Waals surface area contributed by atoms with Crippen molar-refractivity contribution in [3.63, 3.8) is 0 Å². The minimum atomic E-state index is -1.77. The highest BCUT2D eigenvalue weighted by atomic mass is 28.4. The van der Waals surface area contributed by atoms with E-state index in [4.69, 9.17) is 4.43 Å². The van der Waals surface area contributed by atoms with Crippen LogP contribution in [0.3, 0.4) is 0 Å². The fraction of sp³-hybridized carbons (Fsp3) is 0.500. The van der Waals surface area contributed by atoms with Gasteiger partial charge in [0, 0.05) is 18.0 Å². The maximum absolute atomic E-state index is 6.32. The third-order valence-electron chi connectivity index (χ3n) is 3.45. The van der Waals surface area contributed by atoms with Gasteiger partial charge in [0.2, 0.25) is 0 Å². The Balaban J connectivity index is 2.89. The number of pyridine rings is 1. The zero-order chi connectivity index (χ0) is 13.1. The molecule has 0 amide bonds. The molecule has 0 aliphatic rings. The third kappa shape index (κ3) is 3.51. The first-order chi connectivity index (χ1) is 7.78. The van der Waals surface area contributed by atoms with E-state index in [2.05, 4.69) is 45.4 Å². The lowest BCUT2D eigenvalue weighted by molar-refractivity contribution is 0.229. The quantitative estimate of drug-likeness (QED) is 0.585. The van der Waals surface area contributed by atoms with Crippen LogP contribution in [-0.4, -0.2) is 13.3 Å². The van der Waals surface area contributed by atoms with Gasteiger partial charge in [-0.25, -0.2) is 0 Å². The van der Waals surface area contributed by atoms with Crippen LogP contribution >= 0.6 is 0 Å². The van der Waals surface area contributed by atoms with Gasteiger partial charge in [-0.1, -0.05) is 32.9 Å². The average molecular weight is 249 g/mol. The lowest BCUT2D eigenvalue weighted by Crippen LogP contribution is -2.41. The van der Waals surface area contributed by atoms with Crippen LogP contribution < -0.4 is 0 Å². The molecule has 0 spiro atoms. The first kappa shape index (κ1) is 14.1. The lowest BCUT2D eigenvalue weighted by atomic mass is 10.2. The van der Waals surface area contributed by atoms with Crippen molar-refractivity contribution in [1.82, 2.24) is 4.98 Å². The molecular formula is C14H23NOSi. The number of nitrogens with zero attached hydrogens (tertiary/aromatic N) is 1. The van der Waals surface area contributed by atoms with Crippen molar-refractivity contribution in [1.29, 1.82) is 0 Å². The largest absolute Gasteiger partial charge is 0.406 e. The Morgan fingerprint density at radius 1 is 1.41 bits per heavy atom. The highest BCUT2D eigenvalue weighted by molar-refractivity contribution is 6.74. The lowest BCUT2D eigenvalue weighted by Gasteiger charge is -2.38. The summed E-state index contributed by atoms with van der Waals surface area (Å²) in [6, 6.07) is 3.97. The summed E-state index contributed by atoms with van der Waals surface area (Å²) >= 11 is 0. The molecule has 0 radical (unpaired) electrons. The van der Waals surface area contributed by atoms with Crippen LogP contribution in [0.2, 0.25) is 18.1 Å². The summed E-state index contributed by atoms with van der Waals surface area (Å²) < 4.78 is 6.32. The maximum atomic E-state index is 6.32. The van der Waals surface area contributed by atoms with E-state index in [-0.39, 0.29) is 11.1 Å². The van der Waals surface area contributed by atoms with E-state index >= 15 is 0 Å². The van der Waals surface area contributed by atoms with Crippen molar-refractivity contribution in [3.05, 3.63) is 42.7 Å². The second-order valence-corrected chi connectivity index (χ2v) is 10.6. The second-order valence-electron chi connectivity index (χ2n) is 5.82. The molecule has 0 fully saturated rings. The van der Waals surface area contributed by atoms with Gasteiger partial charge in [-0.05, 0) is 24.2 Å². The summed E-state index contributed by atoms with van der Waals surface area (Å²) in [5.74, 6) is 0. The number of hydrogen-bond acceptors (Lipinski definition) is 2. The molecule has 0 unspecified atom stereocenters. The van der Waals surface area contributed by atoms with E-state index in [1.807, 2.05) is 24.4 Å². The molecule has 0 saturated heterocycles. The molecule has 17 heavy (non-hydrogen) atoms. The summed E-state index contributed by atoms with van der Waals surface area (Å²) in [5.41, 5.74) is 1.08. The van der Waals surface area contributed by atoms with Crippen molar-refractivity contribution in [2.45, 2.75) is 45.0 Å². The molecule has 1 rings (SSSR count). The van der Waals surface area contributed by atoms with Crippen LogP contribution in [-0.2, 0) is 4.43 Å². The van der Waals surface area contributed by atoms with E-state index < -0.39 is 8.32 Å². The summed E-state index contributed by atoms with van der Waals surface area (Å²) in [4.78, 5) is 4.13. The van der Waals surface area contributed by atoms with Gasteiger partial charge in [0.25, 0.3) is 0 Å². The predicted molar refractivity (Wildman–Crippen MR) is 75.5 cm³/mol. The molecule has 3 heteroatoms. The molecule has 0 aromatic carbocycles. The summed E-state index contributed by atoms with van der Waals surface area (Å²) in [6.07, 6.45) is 5.43. The van der Waals surface area contributed by atoms with Crippen molar-refractivity contribution >= 4 is 8.32 Å². The van der Waals surface area contributed by atoms with Crippen LogP contribution in [0.5, 0.6) is 0 Å². The average Bonchev–Trinajstić information content (AvgIpc) is 2.25. The van der Waals surface area contributed by atoms with Gasteiger partial charge < -0.3 is 4.43 Å². The van der Waals surface area contributed by atoms with E-state index in [0.717, 1.165) is 5.56 Å². The maximum Gasteiger partial charge on any atom is 0.193 e. The molecule has 0 bridgehead atoms. The zero-order valence-electron chi connectivity index (χ0n) is 11.5. The summed E-state index contributed by atoms with van der Waals surface area (Å²) in [7, 11) is -1.77. The second kappa shape index (κ2) is 5.15. The van der Waals surface area contributed by atoms with Crippen LogP contribution in [0.1, 0.15) is 32.4 Å². The molecule has 1 atom stereocenters. The Labute approximate surface area is 106 Å². The summed E-state index contributed by atoms with van der Waals surface area (Å²) in [6.45, 7) is 15.1.